The van der Waals surface area contributed by atoms with E-state index >= 15 is 0 Å². The number of anilines is 2. The Kier molecular flexibility index (Phi) is 6.46. The number of hydrogen-bond acceptors (Lipinski definition) is 5. The molecule has 34 heavy (non-hydrogen) atoms. The van der Waals surface area contributed by atoms with Gasteiger partial charge in [0.2, 0.25) is 0 Å². The van der Waals surface area contributed by atoms with Crippen LogP contribution in [0.2, 0.25) is 5.02 Å². The predicted octanol–water partition coefficient (Wildman–Crippen LogP) is 5.92. The first-order valence-corrected chi connectivity index (χ1v) is 11.1. The summed E-state index contributed by atoms with van der Waals surface area (Å²) < 4.78 is 5.49. The van der Waals surface area contributed by atoms with Crippen LogP contribution in [0.25, 0.3) is 0 Å². The van der Waals surface area contributed by atoms with Crippen molar-refractivity contribution in [3.63, 3.8) is 0 Å². The van der Waals surface area contributed by atoms with E-state index in [1.165, 1.54) is 0 Å². The van der Waals surface area contributed by atoms with Crippen LogP contribution >= 0.6 is 23.2 Å². The first-order valence-electron chi connectivity index (χ1n) is 10.4. The van der Waals surface area contributed by atoms with Crippen molar-refractivity contribution in [2.45, 2.75) is 20.8 Å². The van der Waals surface area contributed by atoms with Gasteiger partial charge < -0.3 is 10.1 Å². The van der Waals surface area contributed by atoms with Crippen LogP contribution in [0.5, 0.6) is 5.75 Å². The second-order valence-corrected chi connectivity index (χ2v) is 8.74. The van der Waals surface area contributed by atoms with Gasteiger partial charge in [-0.25, -0.2) is 9.69 Å². The molecule has 0 fully saturated rings. The van der Waals surface area contributed by atoms with E-state index in [1.807, 2.05) is 26.0 Å². The number of amides is 2. The van der Waals surface area contributed by atoms with Crippen LogP contribution in [0.4, 0.5) is 11.4 Å². The van der Waals surface area contributed by atoms with Crippen LogP contribution in [-0.2, 0) is 9.59 Å². The number of carbonyl (C=O) groups is 3. The summed E-state index contributed by atoms with van der Waals surface area (Å²) in [5.74, 6) is -1.23. The van der Waals surface area contributed by atoms with E-state index in [-0.39, 0.29) is 10.7 Å². The molecule has 2 amide bonds. The number of esters is 1. The van der Waals surface area contributed by atoms with E-state index < -0.39 is 17.8 Å². The lowest BCUT2D eigenvalue weighted by Gasteiger charge is -2.17. The lowest BCUT2D eigenvalue weighted by molar-refractivity contribution is -0.120. The molecule has 0 spiro atoms. The van der Waals surface area contributed by atoms with Crippen LogP contribution in [-0.4, -0.2) is 17.8 Å². The maximum absolute atomic E-state index is 13.0. The molecule has 6 nitrogen and oxygen atoms in total. The molecule has 0 radical (unpaired) electrons. The molecule has 0 bridgehead atoms. The fourth-order valence-corrected chi connectivity index (χ4v) is 4.05. The summed E-state index contributed by atoms with van der Waals surface area (Å²) in [6.07, 6.45) is 0. The Morgan fingerprint density at radius 1 is 0.853 bits per heavy atom. The number of benzene rings is 3. The van der Waals surface area contributed by atoms with Crippen molar-refractivity contribution in [1.29, 1.82) is 0 Å². The minimum absolute atomic E-state index is 0.0494. The van der Waals surface area contributed by atoms with Crippen molar-refractivity contribution >= 4 is 52.4 Å². The number of nitrogens with one attached hydrogen (secondary N) is 1. The fraction of sp³-hybridized carbons (Fsp3) is 0.115. The molecule has 3 aromatic carbocycles. The third-order valence-electron chi connectivity index (χ3n) is 5.35. The Morgan fingerprint density at radius 2 is 1.56 bits per heavy atom. The largest absolute Gasteiger partial charge is 0.423 e. The van der Waals surface area contributed by atoms with E-state index in [0.717, 1.165) is 16.0 Å². The lowest BCUT2D eigenvalue weighted by atomic mass is 10.1. The zero-order valence-electron chi connectivity index (χ0n) is 18.6. The Morgan fingerprint density at radius 3 is 2.21 bits per heavy atom. The van der Waals surface area contributed by atoms with Crippen LogP contribution < -0.4 is 15.0 Å². The van der Waals surface area contributed by atoms with Crippen molar-refractivity contribution in [3.05, 3.63) is 98.7 Å². The van der Waals surface area contributed by atoms with Crippen molar-refractivity contribution < 1.29 is 19.1 Å². The fourth-order valence-electron chi connectivity index (χ4n) is 3.61. The highest BCUT2D eigenvalue weighted by molar-refractivity contribution is 6.53. The van der Waals surface area contributed by atoms with Crippen molar-refractivity contribution in [2.24, 2.45) is 0 Å². The normalized spacial score (nSPS) is 13.5. The highest BCUT2D eigenvalue weighted by Crippen LogP contribution is 2.33. The van der Waals surface area contributed by atoms with Gasteiger partial charge in [0.05, 0.1) is 11.3 Å². The molecule has 0 saturated heterocycles. The average molecular weight is 495 g/mol. The number of rotatable bonds is 5. The molecule has 3 aromatic rings. The zero-order valence-corrected chi connectivity index (χ0v) is 20.1. The summed E-state index contributed by atoms with van der Waals surface area (Å²) >= 11 is 12.2. The Hall–Kier alpha value is -3.61. The Balaban J connectivity index is 1.50. The van der Waals surface area contributed by atoms with Gasteiger partial charge in [-0.3, -0.25) is 9.59 Å². The summed E-state index contributed by atoms with van der Waals surface area (Å²) in [4.78, 5) is 39.2. The third kappa shape index (κ3) is 4.55. The molecule has 4 rings (SSSR count). The van der Waals surface area contributed by atoms with Crippen LogP contribution in [0.1, 0.15) is 27.0 Å². The SMILES string of the molecule is Cc1ccc(OC(=O)c2ccc(NC3=C(Cl)C(=O)N(c4ccc(Cl)cc4C)C3=O)cc2)c(C)c1. The molecular formula is C26H20Cl2N2O4. The van der Waals surface area contributed by atoms with Crippen LogP contribution in [0.3, 0.4) is 0 Å². The van der Waals surface area contributed by atoms with Crippen LogP contribution in [0, 0.1) is 20.8 Å². The average Bonchev–Trinajstić information content (AvgIpc) is 2.99. The first kappa shape index (κ1) is 23.5. The summed E-state index contributed by atoms with van der Waals surface area (Å²) in [5.41, 5.74) is 3.76. The molecular weight excluding hydrogens is 475 g/mol. The van der Waals surface area contributed by atoms with Crippen molar-refractivity contribution in [1.82, 2.24) is 0 Å². The number of halogens is 2. The first-order chi connectivity index (χ1) is 16.2. The number of ether oxygens (including phenoxy) is 1. The molecule has 0 aliphatic carbocycles. The van der Waals surface area contributed by atoms with E-state index in [1.54, 1.807) is 55.5 Å². The van der Waals surface area contributed by atoms with E-state index in [2.05, 4.69) is 5.32 Å². The number of nitrogens with zero attached hydrogens (tertiary/aromatic N) is 1. The lowest BCUT2D eigenvalue weighted by Crippen LogP contribution is -2.32. The quantitative estimate of drug-likeness (QED) is 0.270. The minimum atomic E-state index is -0.631. The van der Waals surface area contributed by atoms with Gasteiger partial charge in [-0.2, -0.15) is 0 Å². The van der Waals surface area contributed by atoms with Gasteiger partial charge >= 0.3 is 5.97 Å². The summed E-state index contributed by atoms with van der Waals surface area (Å²) in [7, 11) is 0. The Bertz CT molecular complexity index is 1360. The number of aryl methyl sites for hydroxylation is 3. The Labute approximate surface area is 206 Å². The summed E-state index contributed by atoms with van der Waals surface area (Å²) in [5, 5.41) is 3.16. The second kappa shape index (κ2) is 9.33. The molecule has 8 heteroatoms. The van der Waals surface area contributed by atoms with E-state index in [4.69, 9.17) is 27.9 Å². The van der Waals surface area contributed by atoms with Gasteiger partial charge in [0.1, 0.15) is 16.5 Å². The molecule has 0 unspecified atom stereocenters. The van der Waals surface area contributed by atoms with E-state index in [0.29, 0.717) is 33.3 Å². The molecule has 1 heterocycles. The third-order valence-corrected chi connectivity index (χ3v) is 5.94. The standard InChI is InChI=1S/C26H20Cl2N2O4/c1-14-4-11-21(16(3)12-14)34-26(33)17-5-8-19(9-6-17)29-23-22(28)24(31)30(25(23)32)20-10-7-18(27)13-15(20)2/h4-13,29H,1-3H3. The summed E-state index contributed by atoms with van der Waals surface area (Å²) in [6, 6.07) is 16.7. The highest BCUT2D eigenvalue weighted by atomic mass is 35.5. The molecule has 0 saturated carbocycles. The number of carbonyl (C=O) groups excluding carboxylic acids is 3. The predicted molar refractivity (Wildman–Crippen MR) is 133 cm³/mol. The van der Waals surface area contributed by atoms with Crippen molar-refractivity contribution in [2.75, 3.05) is 10.2 Å². The number of hydrogen-bond donors (Lipinski definition) is 1. The van der Waals surface area contributed by atoms with Gasteiger partial charge in [-0.15, -0.1) is 0 Å². The summed E-state index contributed by atoms with van der Waals surface area (Å²) in [6.45, 7) is 5.58. The van der Waals surface area contributed by atoms with Gasteiger partial charge in [0.15, 0.2) is 0 Å². The molecule has 1 aliphatic rings. The van der Waals surface area contributed by atoms with Crippen molar-refractivity contribution in [3.8, 4) is 5.75 Å². The number of imide groups is 1. The zero-order chi connectivity index (χ0) is 24.6. The van der Waals surface area contributed by atoms with Gasteiger partial charge in [-0.05, 0) is 80.4 Å². The van der Waals surface area contributed by atoms with Gasteiger partial charge in [0, 0.05) is 10.7 Å². The van der Waals surface area contributed by atoms with E-state index in [9.17, 15) is 14.4 Å². The molecule has 0 aromatic heterocycles. The molecule has 0 atom stereocenters. The second-order valence-electron chi connectivity index (χ2n) is 7.93. The smallest absolute Gasteiger partial charge is 0.343 e. The van der Waals surface area contributed by atoms with Gasteiger partial charge in [-0.1, -0.05) is 40.9 Å². The monoisotopic (exact) mass is 494 g/mol. The van der Waals surface area contributed by atoms with Crippen LogP contribution in [0.15, 0.2) is 71.4 Å². The molecule has 1 aliphatic heterocycles. The molecule has 1 N–H and O–H groups in total. The van der Waals surface area contributed by atoms with Gasteiger partial charge in [0.25, 0.3) is 11.8 Å². The maximum atomic E-state index is 13.0. The topological polar surface area (TPSA) is 75.7 Å². The maximum Gasteiger partial charge on any atom is 0.343 e. The minimum Gasteiger partial charge on any atom is -0.423 e. The molecule has 172 valence electrons. The highest BCUT2D eigenvalue weighted by Gasteiger charge is 2.39.